The molecular weight excluding hydrogens is 446 g/mol. The van der Waals surface area contributed by atoms with Crippen LogP contribution in [0.3, 0.4) is 0 Å². The normalized spacial score (nSPS) is 10.8. The third kappa shape index (κ3) is 4.59. The van der Waals surface area contributed by atoms with Crippen LogP contribution in [0.1, 0.15) is 21.5 Å². The largest absolute Gasteiger partial charge is 0.495 e. The highest BCUT2D eigenvalue weighted by Gasteiger charge is 2.14. The molecule has 0 fully saturated rings. The summed E-state index contributed by atoms with van der Waals surface area (Å²) in [5, 5.41) is 6.19. The van der Waals surface area contributed by atoms with Crippen LogP contribution in [0.4, 0.5) is 5.69 Å². The van der Waals surface area contributed by atoms with Gasteiger partial charge in [-0.2, -0.15) is 0 Å². The number of fused-ring (bicyclic) bond motifs is 1. The summed E-state index contributed by atoms with van der Waals surface area (Å²) in [4.78, 5) is 17.1. The summed E-state index contributed by atoms with van der Waals surface area (Å²) in [5.41, 5.74) is 5.53. The quantitative estimate of drug-likeness (QED) is 0.365. The van der Waals surface area contributed by atoms with Gasteiger partial charge in [0.05, 0.1) is 12.1 Å². The number of aromatic nitrogens is 1. The summed E-state index contributed by atoms with van der Waals surface area (Å²) in [6.07, 6.45) is 0. The number of rotatable bonds is 4. The number of methoxy groups -OCH3 is 1. The van der Waals surface area contributed by atoms with Crippen LogP contribution < -0.4 is 15.4 Å². The first-order valence-electron chi connectivity index (χ1n) is 9.78. The van der Waals surface area contributed by atoms with Gasteiger partial charge in [0.15, 0.2) is 10.7 Å². The molecular formula is C24H20ClN3O3S. The number of ether oxygens (including phenoxy) is 1. The maximum atomic E-state index is 12.5. The standard InChI is InChI=1S/C24H20ClN3O3S/c1-13-4-8-19-21(10-13)31-23(27-19)17-12-16(7-5-14(17)2)26-24(32)28-22(29)15-6-9-20(30-3)18(25)11-15/h4-12H,1-3H3,(H2,26,28,29,32). The number of halogens is 1. The minimum atomic E-state index is -0.381. The van der Waals surface area contributed by atoms with E-state index in [0.717, 1.165) is 27.8 Å². The highest BCUT2D eigenvalue weighted by molar-refractivity contribution is 7.80. The summed E-state index contributed by atoms with van der Waals surface area (Å²) in [5.74, 6) is 0.633. The zero-order chi connectivity index (χ0) is 22.8. The van der Waals surface area contributed by atoms with Crippen molar-refractivity contribution in [3.05, 3.63) is 76.3 Å². The van der Waals surface area contributed by atoms with Gasteiger partial charge in [0.2, 0.25) is 5.89 Å². The van der Waals surface area contributed by atoms with E-state index in [4.69, 9.17) is 33.0 Å². The molecule has 4 aromatic rings. The first-order chi connectivity index (χ1) is 15.3. The molecule has 1 heterocycles. The fourth-order valence-electron chi connectivity index (χ4n) is 3.22. The smallest absolute Gasteiger partial charge is 0.257 e. The minimum Gasteiger partial charge on any atom is -0.495 e. The zero-order valence-electron chi connectivity index (χ0n) is 17.7. The molecule has 0 unspecified atom stereocenters. The van der Waals surface area contributed by atoms with Gasteiger partial charge in [0.25, 0.3) is 5.91 Å². The summed E-state index contributed by atoms with van der Waals surface area (Å²) in [6.45, 7) is 3.99. The Hall–Kier alpha value is -3.42. The molecule has 1 amide bonds. The molecule has 8 heteroatoms. The monoisotopic (exact) mass is 465 g/mol. The number of hydrogen-bond acceptors (Lipinski definition) is 5. The van der Waals surface area contributed by atoms with E-state index in [1.807, 2.05) is 50.2 Å². The van der Waals surface area contributed by atoms with Gasteiger partial charge in [0, 0.05) is 16.8 Å². The lowest BCUT2D eigenvalue weighted by Gasteiger charge is -2.12. The summed E-state index contributed by atoms with van der Waals surface area (Å²) < 4.78 is 11.1. The van der Waals surface area contributed by atoms with E-state index in [-0.39, 0.29) is 11.0 Å². The van der Waals surface area contributed by atoms with Crippen molar-refractivity contribution in [1.29, 1.82) is 0 Å². The molecule has 3 aromatic carbocycles. The van der Waals surface area contributed by atoms with Gasteiger partial charge < -0.3 is 14.5 Å². The van der Waals surface area contributed by atoms with Crippen LogP contribution in [0.5, 0.6) is 5.75 Å². The summed E-state index contributed by atoms with van der Waals surface area (Å²) in [6, 6.07) is 16.3. The number of hydrogen-bond donors (Lipinski definition) is 2. The van der Waals surface area contributed by atoms with E-state index in [0.29, 0.717) is 27.9 Å². The van der Waals surface area contributed by atoms with E-state index in [2.05, 4.69) is 15.6 Å². The van der Waals surface area contributed by atoms with Crippen LogP contribution >= 0.6 is 23.8 Å². The Morgan fingerprint density at radius 3 is 2.66 bits per heavy atom. The molecule has 0 aliphatic heterocycles. The number of thiocarbonyl (C=S) groups is 1. The molecule has 0 atom stereocenters. The molecule has 0 saturated carbocycles. The predicted octanol–water partition coefficient (Wildman–Crippen LogP) is 5.90. The number of amides is 1. The van der Waals surface area contributed by atoms with Crippen LogP contribution in [-0.4, -0.2) is 23.1 Å². The van der Waals surface area contributed by atoms with Crippen LogP contribution in [0.25, 0.3) is 22.6 Å². The lowest BCUT2D eigenvalue weighted by molar-refractivity contribution is 0.0977. The van der Waals surface area contributed by atoms with Gasteiger partial charge in [-0.3, -0.25) is 10.1 Å². The molecule has 0 spiro atoms. The Morgan fingerprint density at radius 1 is 1.09 bits per heavy atom. The molecule has 0 aliphatic rings. The van der Waals surface area contributed by atoms with E-state index >= 15 is 0 Å². The first kappa shape index (κ1) is 21.8. The van der Waals surface area contributed by atoms with Crippen LogP contribution in [0.2, 0.25) is 5.02 Å². The lowest BCUT2D eigenvalue weighted by Crippen LogP contribution is -2.34. The highest BCUT2D eigenvalue weighted by atomic mass is 35.5. The van der Waals surface area contributed by atoms with Crippen LogP contribution in [0, 0.1) is 13.8 Å². The summed E-state index contributed by atoms with van der Waals surface area (Å²) >= 11 is 11.4. The third-order valence-electron chi connectivity index (χ3n) is 4.91. The van der Waals surface area contributed by atoms with E-state index < -0.39 is 0 Å². The maximum Gasteiger partial charge on any atom is 0.257 e. The average molecular weight is 466 g/mol. The molecule has 32 heavy (non-hydrogen) atoms. The topological polar surface area (TPSA) is 76.4 Å². The maximum absolute atomic E-state index is 12.5. The van der Waals surface area contributed by atoms with Gasteiger partial charge in [-0.1, -0.05) is 23.7 Å². The highest BCUT2D eigenvalue weighted by Crippen LogP contribution is 2.29. The molecule has 0 saturated heterocycles. The van der Waals surface area contributed by atoms with Crippen molar-refractivity contribution < 1.29 is 13.9 Å². The number of oxazole rings is 1. The van der Waals surface area contributed by atoms with Crippen molar-refractivity contribution >= 4 is 51.6 Å². The van der Waals surface area contributed by atoms with Crippen molar-refractivity contribution in [2.75, 3.05) is 12.4 Å². The van der Waals surface area contributed by atoms with Crippen molar-refractivity contribution in [3.63, 3.8) is 0 Å². The second kappa shape index (κ2) is 8.98. The molecule has 4 rings (SSSR count). The van der Waals surface area contributed by atoms with Gasteiger partial charge in [-0.05, 0) is 79.7 Å². The average Bonchev–Trinajstić information content (AvgIpc) is 3.17. The fraction of sp³-hybridized carbons (Fsp3) is 0.125. The SMILES string of the molecule is COc1ccc(C(=O)NC(=S)Nc2ccc(C)c(-c3nc4ccc(C)cc4o3)c2)cc1Cl. The van der Waals surface area contributed by atoms with Gasteiger partial charge in [-0.25, -0.2) is 4.98 Å². The molecule has 0 radical (unpaired) electrons. The Labute approximate surface area is 195 Å². The van der Waals surface area contributed by atoms with Crippen molar-refractivity contribution in [2.45, 2.75) is 13.8 Å². The molecule has 162 valence electrons. The van der Waals surface area contributed by atoms with Crippen molar-refractivity contribution in [2.24, 2.45) is 0 Å². The van der Waals surface area contributed by atoms with Gasteiger partial charge in [-0.15, -0.1) is 0 Å². The number of anilines is 1. The number of benzene rings is 3. The van der Waals surface area contributed by atoms with Crippen LogP contribution in [-0.2, 0) is 0 Å². The zero-order valence-corrected chi connectivity index (χ0v) is 19.2. The Morgan fingerprint density at radius 2 is 1.91 bits per heavy atom. The summed E-state index contributed by atoms with van der Waals surface area (Å²) in [7, 11) is 1.51. The van der Waals surface area contributed by atoms with Crippen LogP contribution in [0.15, 0.2) is 59.0 Å². The van der Waals surface area contributed by atoms with E-state index in [9.17, 15) is 4.79 Å². The Balaban J connectivity index is 1.51. The number of carbonyl (C=O) groups is 1. The lowest BCUT2D eigenvalue weighted by atomic mass is 10.1. The predicted molar refractivity (Wildman–Crippen MR) is 131 cm³/mol. The molecule has 2 N–H and O–H groups in total. The molecule has 0 bridgehead atoms. The van der Waals surface area contributed by atoms with Crippen molar-refractivity contribution in [3.8, 4) is 17.2 Å². The van der Waals surface area contributed by atoms with Gasteiger partial charge in [0.1, 0.15) is 11.3 Å². The molecule has 0 aliphatic carbocycles. The van der Waals surface area contributed by atoms with Gasteiger partial charge >= 0.3 is 0 Å². The fourth-order valence-corrected chi connectivity index (χ4v) is 3.69. The molecule has 1 aromatic heterocycles. The molecule has 6 nitrogen and oxygen atoms in total. The second-order valence-corrected chi connectivity index (χ2v) is 8.09. The van der Waals surface area contributed by atoms with E-state index in [1.54, 1.807) is 12.1 Å². The number of carbonyl (C=O) groups excluding carboxylic acids is 1. The first-order valence-corrected chi connectivity index (χ1v) is 10.6. The van der Waals surface area contributed by atoms with E-state index in [1.165, 1.54) is 13.2 Å². The Kier molecular flexibility index (Phi) is 6.12. The second-order valence-electron chi connectivity index (χ2n) is 7.28. The Bertz CT molecular complexity index is 1350. The van der Waals surface area contributed by atoms with Crippen molar-refractivity contribution in [1.82, 2.24) is 10.3 Å². The minimum absolute atomic E-state index is 0.157. The number of nitrogens with one attached hydrogen (secondary N) is 2. The third-order valence-corrected chi connectivity index (χ3v) is 5.41. The number of aryl methyl sites for hydroxylation is 2. The number of nitrogens with zero attached hydrogens (tertiary/aromatic N) is 1.